The van der Waals surface area contributed by atoms with E-state index in [0.717, 1.165) is 11.3 Å². The largest absolute Gasteiger partial charge is 0.511 e. The van der Waals surface area contributed by atoms with Gasteiger partial charge in [-0.25, -0.2) is 17.9 Å². The molecular formula is C11H14F3NO5S2. The van der Waals surface area contributed by atoms with Crippen molar-refractivity contribution in [1.29, 1.82) is 0 Å². The van der Waals surface area contributed by atoms with E-state index in [2.05, 4.69) is 0 Å². The summed E-state index contributed by atoms with van der Waals surface area (Å²) in [7, 11) is -5.42. The zero-order valence-corrected chi connectivity index (χ0v) is 13.3. The minimum atomic E-state index is -5.42. The quantitative estimate of drug-likeness (QED) is 0.753. The molecule has 1 aromatic rings. The molecule has 1 rings (SSSR count). The average Bonchev–Trinajstić information content (AvgIpc) is 2.83. The fraction of sp³-hybridized carbons (Fsp3) is 0.545. The smallest absolute Gasteiger partial charge is 0.482 e. The standard InChI is InChI=1S/C11H14F3NO5S2/c1-3-19-10(16)8-4-9(21-6-8)20-5-7(2)15-22(17,18)11(12,13)14/h4,6-7,15H,3,5H2,1-2H3/t7-/m0/s1. The number of rotatable bonds is 7. The topological polar surface area (TPSA) is 81.7 Å². The summed E-state index contributed by atoms with van der Waals surface area (Å²) in [6, 6.07) is 0.271. The van der Waals surface area contributed by atoms with E-state index in [1.165, 1.54) is 23.1 Å². The number of alkyl halides is 3. The second-order valence-electron chi connectivity index (χ2n) is 4.15. The van der Waals surface area contributed by atoms with Crippen LogP contribution in [0.3, 0.4) is 0 Å². The summed E-state index contributed by atoms with van der Waals surface area (Å²) in [6.07, 6.45) is 0. The van der Waals surface area contributed by atoms with Crippen LogP contribution in [0.4, 0.5) is 13.2 Å². The number of hydrogen-bond acceptors (Lipinski definition) is 6. The van der Waals surface area contributed by atoms with Gasteiger partial charge in [-0.3, -0.25) is 0 Å². The Kier molecular flexibility index (Phi) is 6.20. The SMILES string of the molecule is CCOC(=O)c1csc(OC[C@H](C)NS(=O)(=O)C(F)(F)F)c1. The Labute approximate surface area is 129 Å². The van der Waals surface area contributed by atoms with E-state index in [-0.39, 0.29) is 23.8 Å². The number of carbonyl (C=O) groups is 1. The van der Waals surface area contributed by atoms with Crippen molar-refractivity contribution in [3.63, 3.8) is 0 Å². The van der Waals surface area contributed by atoms with Gasteiger partial charge in [0.25, 0.3) is 0 Å². The Morgan fingerprint density at radius 3 is 2.64 bits per heavy atom. The molecule has 22 heavy (non-hydrogen) atoms. The van der Waals surface area contributed by atoms with Crippen LogP contribution in [-0.4, -0.2) is 39.2 Å². The van der Waals surface area contributed by atoms with Gasteiger partial charge >= 0.3 is 21.5 Å². The minimum absolute atomic E-state index is 0.209. The normalized spacial score (nSPS) is 13.7. The Hall–Kier alpha value is -1.33. The van der Waals surface area contributed by atoms with Crippen molar-refractivity contribution in [3.8, 4) is 5.06 Å². The van der Waals surface area contributed by atoms with Gasteiger partial charge in [-0.15, -0.1) is 11.3 Å². The van der Waals surface area contributed by atoms with Gasteiger partial charge in [0.05, 0.1) is 18.2 Å². The number of nitrogens with one attached hydrogen (secondary N) is 1. The molecule has 0 aromatic carbocycles. The molecule has 0 saturated carbocycles. The molecule has 1 atom stereocenters. The molecule has 0 bridgehead atoms. The molecule has 0 unspecified atom stereocenters. The fourth-order valence-electron chi connectivity index (χ4n) is 1.29. The highest BCUT2D eigenvalue weighted by atomic mass is 32.2. The third-order valence-electron chi connectivity index (χ3n) is 2.22. The first kappa shape index (κ1) is 18.7. The summed E-state index contributed by atoms with van der Waals surface area (Å²) in [5, 5.41) is 1.74. The van der Waals surface area contributed by atoms with Crippen LogP contribution >= 0.6 is 11.3 Å². The molecule has 0 aliphatic heterocycles. The Balaban J connectivity index is 2.55. The molecule has 0 fully saturated rings. The van der Waals surface area contributed by atoms with Crippen LogP contribution in [-0.2, 0) is 14.8 Å². The van der Waals surface area contributed by atoms with Crippen molar-refractivity contribution < 1.29 is 35.9 Å². The maximum Gasteiger partial charge on any atom is 0.511 e. The van der Waals surface area contributed by atoms with E-state index in [9.17, 15) is 26.4 Å². The van der Waals surface area contributed by atoms with Crippen LogP contribution in [0.25, 0.3) is 0 Å². The van der Waals surface area contributed by atoms with Gasteiger partial charge in [0, 0.05) is 11.4 Å². The van der Waals surface area contributed by atoms with E-state index in [1.54, 1.807) is 6.92 Å². The van der Waals surface area contributed by atoms with E-state index < -0.39 is 27.5 Å². The summed E-state index contributed by atoms with van der Waals surface area (Å²) in [4.78, 5) is 11.4. The number of esters is 1. The number of hydrogen-bond donors (Lipinski definition) is 1. The lowest BCUT2D eigenvalue weighted by molar-refractivity contribution is -0.0451. The molecule has 1 N–H and O–H groups in total. The average molecular weight is 361 g/mol. The zero-order chi connectivity index (χ0) is 17.0. The van der Waals surface area contributed by atoms with Crippen LogP contribution in [0.15, 0.2) is 11.4 Å². The molecule has 0 aliphatic rings. The summed E-state index contributed by atoms with van der Waals surface area (Å²) >= 11 is 1.05. The highest BCUT2D eigenvalue weighted by Crippen LogP contribution is 2.24. The maximum atomic E-state index is 12.2. The molecule has 6 nitrogen and oxygen atoms in total. The van der Waals surface area contributed by atoms with E-state index in [0.29, 0.717) is 0 Å². The Morgan fingerprint density at radius 1 is 1.45 bits per heavy atom. The first-order chi connectivity index (χ1) is 10.1. The fourth-order valence-corrected chi connectivity index (χ4v) is 2.76. The highest BCUT2D eigenvalue weighted by Gasteiger charge is 2.46. The number of carbonyl (C=O) groups excluding carboxylic acids is 1. The predicted molar refractivity (Wildman–Crippen MR) is 73.3 cm³/mol. The molecule has 0 aliphatic carbocycles. The highest BCUT2D eigenvalue weighted by molar-refractivity contribution is 7.90. The van der Waals surface area contributed by atoms with Gasteiger partial charge in [0.1, 0.15) is 6.61 Å². The monoisotopic (exact) mass is 361 g/mol. The Morgan fingerprint density at radius 2 is 2.09 bits per heavy atom. The third kappa shape index (κ3) is 5.14. The van der Waals surface area contributed by atoms with Crippen LogP contribution in [0.2, 0.25) is 0 Å². The summed E-state index contributed by atoms with van der Waals surface area (Å²) in [5.74, 6) is -0.542. The predicted octanol–water partition coefficient (Wildman–Crippen LogP) is 2.13. The van der Waals surface area contributed by atoms with E-state index >= 15 is 0 Å². The van der Waals surface area contributed by atoms with Crippen LogP contribution in [0.1, 0.15) is 24.2 Å². The van der Waals surface area contributed by atoms with E-state index in [4.69, 9.17) is 9.47 Å². The molecule has 0 saturated heterocycles. The maximum absolute atomic E-state index is 12.2. The van der Waals surface area contributed by atoms with Gasteiger partial charge in [0.2, 0.25) is 0 Å². The van der Waals surface area contributed by atoms with Crippen molar-refractivity contribution in [2.24, 2.45) is 0 Å². The molecule has 0 spiro atoms. The van der Waals surface area contributed by atoms with Crippen LogP contribution in [0.5, 0.6) is 5.06 Å². The van der Waals surface area contributed by atoms with Crippen molar-refractivity contribution >= 4 is 27.3 Å². The van der Waals surface area contributed by atoms with Crippen molar-refractivity contribution in [2.45, 2.75) is 25.4 Å². The Bertz CT molecular complexity index is 611. The summed E-state index contributed by atoms with van der Waals surface area (Å²) in [6.45, 7) is 2.76. The van der Waals surface area contributed by atoms with Gasteiger partial charge in [0.15, 0.2) is 5.06 Å². The number of ether oxygens (including phenoxy) is 2. The molecule has 1 aromatic heterocycles. The molecule has 11 heteroatoms. The molecule has 0 radical (unpaired) electrons. The number of sulfonamides is 1. The van der Waals surface area contributed by atoms with Gasteiger partial charge in [-0.05, 0) is 13.8 Å². The molecule has 1 heterocycles. The van der Waals surface area contributed by atoms with Crippen LogP contribution in [0, 0.1) is 0 Å². The lowest BCUT2D eigenvalue weighted by Crippen LogP contribution is -2.43. The minimum Gasteiger partial charge on any atom is -0.482 e. The zero-order valence-electron chi connectivity index (χ0n) is 11.6. The van der Waals surface area contributed by atoms with Crippen molar-refractivity contribution in [1.82, 2.24) is 4.72 Å². The van der Waals surface area contributed by atoms with Crippen molar-refractivity contribution in [3.05, 3.63) is 17.0 Å². The first-order valence-electron chi connectivity index (χ1n) is 6.04. The number of halogens is 3. The van der Waals surface area contributed by atoms with Gasteiger partial charge < -0.3 is 9.47 Å². The molecule has 0 amide bonds. The second kappa shape index (κ2) is 7.29. The number of thiophene rings is 1. The van der Waals surface area contributed by atoms with Crippen molar-refractivity contribution in [2.75, 3.05) is 13.2 Å². The van der Waals surface area contributed by atoms with E-state index in [1.807, 2.05) is 0 Å². The third-order valence-corrected chi connectivity index (χ3v) is 4.39. The second-order valence-corrected chi connectivity index (χ2v) is 6.73. The lowest BCUT2D eigenvalue weighted by Gasteiger charge is -2.15. The van der Waals surface area contributed by atoms with Gasteiger partial charge in [-0.2, -0.15) is 13.2 Å². The first-order valence-corrected chi connectivity index (χ1v) is 8.40. The summed E-state index contributed by atoms with van der Waals surface area (Å²) < 4.78 is 69.7. The lowest BCUT2D eigenvalue weighted by atomic mass is 10.3. The molecular weight excluding hydrogens is 347 g/mol. The molecule has 126 valence electrons. The van der Waals surface area contributed by atoms with Crippen LogP contribution < -0.4 is 9.46 Å². The van der Waals surface area contributed by atoms with Gasteiger partial charge in [-0.1, -0.05) is 0 Å². The summed E-state index contributed by atoms with van der Waals surface area (Å²) in [5.41, 5.74) is -5.12.